The second-order valence-corrected chi connectivity index (χ2v) is 6.47. The van der Waals surface area contributed by atoms with Crippen molar-refractivity contribution in [2.45, 2.75) is 20.0 Å². The summed E-state index contributed by atoms with van der Waals surface area (Å²) >= 11 is 0. The van der Waals surface area contributed by atoms with E-state index >= 15 is 0 Å². The average molecular weight is 383 g/mol. The summed E-state index contributed by atoms with van der Waals surface area (Å²) < 4.78 is 1.73. The summed E-state index contributed by atoms with van der Waals surface area (Å²) in [5.41, 5.74) is 3.64. The van der Waals surface area contributed by atoms with E-state index in [-0.39, 0.29) is 13.2 Å². The Kier molecular flexibility index (Phi) is 6.07. The Morgan fingerprint density at radius 3 is 2.71 bits per heavy atom. The maximum atomic E-state index is 9.53. The van der Waals surface area contributed by atoms with Crippen molar-refractivity contribution >= 4 is 23.0 Å². The van der Waals surface area contributed by atoms with Crippen LogP contribution < -0.4 is 16.0 Å². The molecule has 0 aliphatic rings. The van der Waals surface area contributed by atoms with E-state index in [1.165, 1.54) is 6.33 Å². The monoisotopic (exact) mass is 383 g/mol. The number of aliphatic hydroxyl groups excluding tert-OH is 2. The summed E-state index contributed by atoms with van der Waals surface area (Å²) in [5, 5.41) is 32.5. The van der Waals surface area contributed by atoms with Gasteiger partial charge in [-0.05, 0) is 31.5 Å². The van der Waals surface area contributed by atoms with E-state index in [1.807, 2.05) is 44.2 Å². The minimum Gasteiger partial charge on any atom is -0.394 e. The third-order valence-electron chi connectivity index (χ3n) is 4.21. The van der Waals surface area contributed by atoms with Gasteiger partial charge in [0.25, 0.3) is 0 Å². The zero-order chi connectivity index (χ0) is 20.1. The van der Waals surface area contributed by atoms with Gasteiger partial charge in [-0.25, -0.2) is 9.97 Å². The summed E-state index contributed by atoms with van der Waals surface area (Å²) in [6.07, 6.45) is 0.686. The first kappa shape index (κ1) is 19.6. The van der Waals surface area contributed by atoms with Crippen LogP contribution in [-0.2, 0) is 0 Å². The molecule has 0 bridgehead atoms. The Bertz CT molecular complexity index is 942. The molecule has 0 radical (unpaired) electrons. The number of hydrogen-bond donors (Lipinski definition) is 5. The van der Waals surface area contributed by atoms with E-state index in [0.29, 0.717) is 11.6 Å². The quantitative estimate of drug-likeness (QED) is 0.400. The molecule has 0 aliphatic carbocycles. The zero-order valence-electron chi connectivity index (χ0n) is 16.1. The average Bonchev–Trinajstić information content (AvgIpc) is 3.08. The fourth-order valence-corrected chi connectivity index (χ4v) is 2.67. The molecule has 0 spiro atoms. The van der Waals surface area contributed by atoms with Gasteiger partial charge < -0.3 is 26.2 Å². The van der Waals surface area contributed by atoms with Crippen LogP contribution in [-0.4, -0.2) is 56.3 Å². The fraction of sp³-hybridized carbons (Fsp3) is 0.316. The molecule has 148 valence electrons. The first-order valence-electron chi connectivity index (χ1n) is 8.97. The minimum atomic E-state index is -0.805. The molecule has 3 aromatic rings. The van der Waals surface area contributed by atoms with Crippen LogP contribution in [0.1, 0.15) is 11.3 Å². The lowest BCUT2D eigenvalue weighted by Crippen LogP contribution is -2.22. The lowest BCUT2D eigenvalue weighted by Gasteiger charge is -2.15. The van der Waals surface area contributed by atoms with Crippen molar-refractivity contribution in [3.05, 3.63) is 47.9 Å². The van der Waals surface area contributed by atoms with Gasteiger partial charge in [-0.3, -0.25) is 0 Å². The van der Waals surface area contributed by atoms with E-state index < -0.39 is 6.10 Å². The molecule has 1 atom stereocenters. The first-order chi connectivity index (χ1) is 13.5. The maximum absolute atomic E-state index is 9.53. The Morgan fingerprint density at radius 1 is 1.14 bits per heavy atom. The number of hydrogen-bond acceptors (Lipinski definition) is 8. The molecule has 0 saturated heterocycles. The van der Waals surface area contributed by atoms with Crippen molar-refractivity contribution in [1.29, 1.82) is 0 Å². The Morgan fingerprint density at radius 2 is 1.96 bits per heavy atom. The summed E-state index contributed by atoms with van der Waals surface area (Å²) in [4.78, 5) is 8.46. The molecule has 0 saturated carbocycles. The number of benzene rings is 1. The number of rotatable bonds is 8. The number of aromatic nitrogens is 4. The van der Waals surface area contributed by atoms with Crippen LogP contribution in [0.4, 0.5) is 23.0 Å². The van der Waals surface area contributed by atoms with Gasteiger partial charge in [-0.1, -0.05) is 6.07 Å². The number of aliphatic hydroxyl groups is 2. The van der Waals surface area contributed by atoms with Gasteiger partial charge in [0, 0.05) is 37.1 Å². The molecular formula is C19H25N7O2. The zero-order valence-corrected chi connectivity index (χ0v) is 16.1. The summed E-state index contributed by atoms with van der Waals surface area (Å²) in [7, 11) is 1.80. The minimum absolute atomic E-state index is 0.268. The highest BCUT2D eigenvalue weighted by Crippen LogP contribution is 2.26. The second-order valence-electron chi connectivity index (χ2n) is 6.47. The van der Waals surface area contributed by atoms with Crippen LogP contribution in [0.5, 0.6) is 0 Å². The van der Waals surface area contributed by atoms with E-state index in [2.05, 4.69) is 31.0 Å². The number of aryl methyl sites for hydroxylation is 2. The number of nitrogens with one attached hydrogen (secondary N) is 3. The maximum Gasteiger partial charge on any atom is 0.161 e. The lowest BCUT2D eigenvalue weighted by molar-refractivity contribution is 0.105. The van der Waals surface area contributed by atoms with Gasteiger partial charge >= 0.3 is 0 Å². The Balaban J connectivity index is 1.88. The van der Waals surface area contributed by atoms with Crippen molar-refractivity contribution in [2.75, 3.05) is 36.1 Å². The van der Waals surface area contributed by atoms with Crippen LogP contribution in [0.15, 0.2) is 36.7 Å². The molecule has 1 aromatic carbocycles. The number of nitrogens with zero attached hydrogens (tertiary/aromatic N) is 4. The predicted molar refractivity (Wildman–Crippen MR) is 109 cm³/mol. The largest absolute Gasteiger partial charge is 0.394 e. The van der Waals surface area contributed by atoms with Crippen molar-refractivity contribution in [3.8, 4) is 5.82 Å². The first-order valence-corrected chi connectivity index (χ1v) is 8.97. The molecule has 28 heavy (non-hydrogen) atoms. The summed E-state index contributed by atoms with van der Waals surface area (Å²) in [6, 6.07) is 9.62. The fourth-order valence-electron chi connectivity index (χ4n) is 2.67. The predicted octanol–water partition coefficient (Wildman–Crippen LogP) is 1.83. The van der Waals surface area contributed by atoms with Crippen LogP contribution in [0.3, 0.4) is 0 Å². The third kappa shape index (κ3) is 4.56. The molecule has 0 aliphatic heterocycles. The molecule has 9 heteroatoms. The highest BCUT2D eigenvalue weighted by atomic mass is 16.3. The lowest BCUT2D eigenvalue weighted by atomic mass is 10.1. The van der Waals surface area contributed by atoms with E-state index in [4.69, 9.17) is 5.11 Å². The van der Waals surface area contributed by atoms with Gasteiger partial charge in [-0.2, -0.15) is 9.78 Å². The van der Waals surface area contributed by atoms with Gasteiger partial charge in [0.05, 0.1) is 18.4 Å². The SMILES string of the molecule is CNc1cc(-n2nc(C)cc2Nc2cc(NCC(O)CO)ccc2C)ncn1. The smallest absolute Gasteiger partial charge is 0.161 e. The summed E-state index contributed by atoms with van der Waals surface area (Å²) in [5.74, 6) is 2.12. The van der Waals surface area contributed by atoms with E-state index in [1.54, 1.807) is 11.7 Å². The molecule has 9 nitrogen and oxygen atoms in total. The molecule has 5 N–H and O–H groups in total. The Labute approximate surface area is 163 Å². The standard InChI is InChI=1S/C19H25N7O2/c1-12-4-5-14(21-9-15(28)10-27)7-16(12)24-19-6-13(2)25-26(19)18-8-17(20-3)22-11-23-18/h4-8,11,15,21,24,27-28H,9-10H2,1-3H3,(H,20,22,23). The van der Waals surface area contributed by atoms with Crippen molar-refractivity contribution in [3.63, 3.8) is 0 Å². The van der Waals surface area contributed by atoms with Gasteiger partial charge in [-0.15, -0.1) is 0 Å². The van der Waals surface area contributed by atoms with Gasteiger partial charge in [0.2, 0.25) is 0 Å². The van der Waals surface area contributed by atoms with Crippen molar-refractivity contribution in [2.24, 2.45) is 0 Å². The molecule has 0 fully saturated rings. The van der Waals surface area contributed by atoms with E-state index in [9.17, 15) is 5.11 Å². The van der Waals surface area contributed by atoms with Crippen LogP contribution in [0, 0.1) is 13.8 Å². The Hall–Kier alpha value is -3.17. The molecular weight excluding hydrogens is 358 g/mol. The second kappa shape index (κ2) is 8.68. The van der Waals surface area contributed by atoms with Gasteiger partial charge in [0.15, 0.2) is 5.82 Å². The normalized spacial score (nSPS) is 11.9. The van der Waals surface area contributed by atoms with Gasteiger partial charge in [0.1, 0.15) is 18.0 Å². The van der Waals surface area contributed by atoms with Crippen LogP contribution in [0.25, 0.3) is 5.82 Å². The highest BCUT2D eigenvalue weighted by Gasteiger charge is 2.12. The highest BCUT2D eigenvalue weighted by molar-refractivity contribution is 5.67. The molecule has 2 heterocycles. The molecule has 0 amide bonds. The molecule has 2 aromatic heterocycles. The topological polar surface area (TPSA) is 120 Å². The van der Waals surface area contributed by atoms with Crippen molar-refractivity contribution < 1.29 is 10.2 Å². The van der Waals surface area contributed by atoms with Crippen LogP contribution >= 0.6 is 0 Å². The number of anilines is 4. The molecule has 1 unspecified atom stereocenters. The van der Waals surface area contributed by atoms with Crippen molar-refractivity contribution in [1.82, 2.24) is 19.7 Å². The van der Waals surface area contributed by atoms with Crippen LogP contribution in [0.2, 0.25) is 0 Å². The molecule has 3 rings (SSSR count). The van der Waals surface area contributed by atoms with E-state index in [0.717, 1.165) is 28.5 Å². The summed E-state index contributed by atoms with van der Waals surface area (Å²) in [6.45, 7) is 3.91. The third-order valence-corrected chi connectivity index (χ3v) is 4.21.